The van der Waals surface area contributed by atoms with Crippen molar-refractivity contribution in [3.05, 3.63) is 12.2 Å². The number of quaternary nitrogens is 1. The van der Waals surface area contributed by atoms with Gasteiger partial charge < -0.3 is 28.8 Å². The molecule has 3 atom stereocenters. The first-order valence-corrected chi connectivity index (χ1v) is 27.5. The van der Waals surface area contributed by atoms with Crippen LogP contribution in [0.1, 0.15) is 258 Å². The molecule has 0 bridgehead atoms. The van der Waals surface area contributed by atoms with Crippen molar-refractivity contribution < 1.29 is 32.9 Å². The molecule has 1 amide bonds. The number of allylic oxidation sites excluding steroid dienone is 1. The fourth-order valence-electron chi connectivity index (χ4n) is 7.86. The topological polar surface area (TPSA) is 108 Å². The van der Waals surface area contributed by atoms with Crippen molar-refractivity contribution >= 4 is 13.7 Å². The van der Waals surface area contributed by atoms with Gasteiger partial charge in [0.05, 0.1) is 39.9 Å². The van der Waals surface area contributed by atoms with Crippen molar-refractivity contribution in [1.29, 1.82) is 0 Å². The molecule has 0 aromatic rings. The third-order valence-corrected chi connectivity index (χ3v) is 13.0. The molecule has 0 aromatic carbocycles. The van der Waals surface area contributed by atoms with Gasteiger partial charge in [0.15, 0.2) is 0 Å². The summed E-state index contributed by atoms with van der Waals surface area (Å²) in [6.45, 7) is 4.63. The molecule has 0 saturated carbocycles. The summed E-state index contributed by atoms with van der Waals surface area (Å²) in [5, 5.41) is 13.8. The summed E-state index contributed by atoms with van der Waals surface area (Å²) in [4.78, 5) is 25.2. The Balaban J connectivity index is 3.99. The summed E-state index contributed by atoms with van der Waals surface area (Å²) in [6, 6.07) is -0.879. The minimum Gasteiger partial charge on any atom is -0.756 e. The number of hydrogen-bond acceptors (Lipinski definition) is 6. The molecule has 0 heterocycles. The normalized spacial score (nSPS) is 14.2. The molecular weight excluding hydrogens is 768 g/mol. The molecule has 60 heavy (non-hydrogen) atoms. The predicted molar refractivity (Wildman–Crippen MR) is 256 cm³/mol. The van der Waals surface area contributed by atoms with Crippen LogP contribution in [0, 0.1) is 0 Å². The van der Waals surface area contributed by atoms with Crippen LogP contribution in [0.3, 0.4) is 0 Å². The zero-order valence-electron chi connectivity index (χ0n) is 40.7. The van der Waals surface area contributed by atoms with Crippen molar-refractivity contribution in [2.45, 2.75) is 270 Å². The Bertz CT molecular complexity index is 989. The zero-order chi connectivity index (χ0) is 44.3. The van der Waals surface area contributed by atoms with Crippen LogP contribution < -0.4 is 10.2 Å². The van der Waals surface area contributed by atoms with Gasteiger partial charge >= 0.3 is 0 Å². The number of aliphatic hydroxyl groups excluding tert-OH is 1. The minimum atomic E-state index is -4.58. The van der Waals surface area contributed by atoms with E-state index in [0.717, 1.165) is 38.5 Å². The summed E-state index contributed by atoms with van der Waals surface area (Å²) in [6.07, 6.45) is 51.7. The van der Waals surface area contributed by atoms with Gasteiger partial charge in [-0.25, -0.2) is 0 Å². The fraction of sp³-hybridized carbons (Fsp3) is 0.941. The summed E-state index contributed by atoms with van der Waals surface area (Å²) >= 11 is 0. The maximum absolute atomic E-state index is 12.8. The average molecular weight is 871 g/mol. The summed E-state index contributed by atoms with van der Waals surface area (Å²) < 4.78 is 23.2. The van der Waals surface area contributed by atoms with E-state index < -0.39 is 20.0 Å². The fourth-order valence-corrected chi connectivity index (χ4v) is 8.58. The zero-order valence-corrected chi connectivity index (χ0v) is 41.6. The molecule has 0 aliphatic rings. The number of unbranched alkanes of at least 4 members (excludes halogenated alkanes) is 35. The van der Waals surface area contributed by atoms with Gasteiger partial charge in [-0.3, -0.25) is 9.36 Å². The first-order valence-electron chi connectivity index (χ1n) is 26.1. The van der Waals surface area contributed by atoms with E-state index in [0.29, 0.717) is 17.4 Å². The standard InChI is InChI=1S/C51H103N2O6P/c1-6-8-10-12-14-16-17-18-19-20-21-22-23-24-25-26-27-28-29-30-31-32-33-34-35-36-37-38-40-42-44-50(54)49(48-59-60(56,57)58-47-46-53(3,4)5)52-51(55)45-43-41-39-15-13-11-9-7-2/h42,44,49-50,54H,6-41,43,45-48H2,1-5H3,(H-,52,55,56,57)/b44-42+. The molecule has 9 heteroatoms. The van der Waals surface area contributed by atoms with E-state index in [1.165, 1.54) is 199 Å². The van der Waals surface area contributed by atoms with Gasteiger partial charge in [-0.15, -0.1) is 0 Å². The number of likely N-dealkylation sites (N-methyl/N-ethyl adjacent to an activating group) is 1. The Morgan fingerprint density at radius 2 is 0.900 bits per heavy atom. The maximum Gasteiger partial charge on any atom is 0.268 e. The second kappa shape index (κ2) is 43.5. The number of rotatable bonds is 48. The molecule has 0 saturated heterocycles. The quantitative estimate of drug-likeness (QED) is 0.0273. The Morgan fingerprint density at radius 1 is 0.567 bits per heavy atom. The van der Waals surface area contributed by atoms with Crippen LogP contribution in [0.4, 0.5) is 0 Å². The molecule has 0 aliphatic carbocycles. The highest BCUT2D eigenvalue weighted by Gasteiger charge is 2.23. The second-order valence-corrected chi connectivity index (χ2v) is 20.7. The smallest absolute Gasteiger partial charge is 0.268 e. The van der Waals surface area contributed by atoms with E-state index in [2.05, 4.69) is 19.2 Å². The van der Waals surface area contributed by atoms with Gasteiger partial charge in [-0.1, -0.05) is 244 Å². The SMILES string of the molecule is CCCCCCCCCCCCCCCCCCCCCCCCCCCCCC/C=C/C(O)C(COP(=O)([O-])OCC[N+](C)(C)C)NC(=O)CCCCCCCCCC. The number of amides is 1. The predicted octanol–water partition coefficient (Wildman–Crippen LogP) is 14.5. The van der Waals surface area contributed by atoms with Crippen molar-refractivity contribution in [1.82, 2.24) is 5.32 Å². The van der Waals surface area contributed by atoms with E-state index in [4.69, 9.17) is 9.05 Å². The molecule has 3 unspecified atom stereocenters. The monoisotopic (exact) mass is 871 g/mol. The summed E-state index contributed by atoms with van der Waals surface area (Å²) in [7, 11) is 1.27. The van der Waals surface area contributed by atoms with Crippen LogP contribution >= 0.6 is 7.82 Å². The first-order chi connectivity index (χ1) is 29.0. The first kappa shape index (κ1) is 59.2. The molecule has 0 aromatic heterocycles. The molecule has 2 N–H and O–H groups in total. The van der Waals surface area contributed by atoms with Crippen molar-refractivity contribution in [2.75, 3.05) is 40.9 Å². The largest absolute Gasteiger partial charge is 0.756 e. The number of carbonyl (C=O) groups is 1. The number of hydrogen-bond donors (Lipinski definition) is 2. The molecule has 0 aliphatic heterocycles. The molecule has 0 fully saturated rings. The lowest BCUT2D eigenvalue weighted by atomic mass is 10.0. The Morgan fingerprint density at radius 3 is 1.25 bits per heavy atom. The van der Waals surface area contributed by atoms with Crippen LogP contribution in [-0.4, -0.2) is 68.5 Å². The van der Waals surface area contributed by atoms with Crippen LogP contribution in [0.2, 0.25) is 0 Å². The van der Waals surface area contributed by atoms with Crippen LogP contribution in [0.15, 0.2) is 12.2 Å². The van der Waals surface area contributed by atoms with E-state index in [1.807, 2.05) is 27.2 Å². The van der Waals surface area contributed by atoms with Crippen molar-refractivity contribution in [3.63, 3.8) is 0 Å². The molecule has 8 nitrogen and oxygen atoms in total. The van der Waals surface area contributed by atoms with Gasteiger partial charge in [0.2, 0.25) is 5.91 Å². The lowest BCUT2D eigenvalue weighted by Gasteiger charge is -2.29. The van der Waals surface area contributed by atoms with Gasteiger partial charge in [0, 0.05) is 6.42 Å². The van der Waals surface area contributed by atoms with E-state index in [9.17, 15) is 19.4 Å². The summed E-state index contributed by atoms with van der Waals surface area (Å²) in [5.74, 6) is -0.200. The van der Waals surface area contributed by atoms with Crippen LogP contribution in [-0.2, 0) is 18.4 Å². The highest BCUT2D eigenvalue weighted by atomic mass is 31.2. The van der Waals surface area contributed by atoms with E-state index in [-0.39, 0.29) is 19.1 Å². The molecule has 0 rings (SSSR count). The Labute approximate surface area is 373 Å². The highest BCUT2D eigenvalue weighted by molar-refractivity contribution is 7.45. The lowest BCUT2D eigenvalue weighted by Crippen LogP contribution is -2.45. The highest BCUT2D eigenvalue weighted by Crippen LogP contribution is 2.38. The Kier molecular flexibility index (Phi) is 42.9. The molecule has 0 radical (unpaired) electrons. The molecule has 358 valence electrons. The number of aliphatic hydroxyl groups is 1. The Hall–Kier alpha value is -0.760. The maximum atomic E-state index is 12.8. The average Bonchev–Trinajstić information content (AvgIpc) is 3.20. The minimum absolute atomic E-state index is 0.00186. The van der Waals surface area contributed by atoms with Gasteiger partial charge in [0.1, 0.15) is 13.2 Å². The van der Waals surface area contributed by atoms with Crippen molar-refractivity contribution in [2.24, 2.45) is 0 Å². The number of carbonyl (C=O) groups excluding carboxylic acids is 1. The third-order valence-electron chi connectivity index (χ3n) is 12.0. The molecule has 0 spiro atoms. The van der Waals surface area contributed by atoms with Crippen LogP contribution in [0.5, 0.6) is 0 Å². The summed E-state index contributed by atoms with van der Waals surface area (Å²) in [5.41, 5.74) is 0. The van der Waals surface area contributed by atoms with Gasteiger partial charge in [-0.05, 0) is 19.3 Å². The number of nitrogens with one attached hydrogen (secondary N) is 1. The van der Waals surface area contributed by atoms with Gasteiger partial charge in [0.25, 0.3) is 7.82 Å². The van der Waals surface area contributed by atoms with E-state index in [1.54, 1.807) is 6.08 Å². The number of phosphoric ester groups is 1. The van der Waals surface area contributed by atoms with E-state index >= 15 is 0 Å². The van der Waals surface area contributed by atoms with Crippen molar-refractivity contribution in [3.8, 4) is 0 Å². The second-order valence-electron chi connectivity index (χ2n) is 19.2. The molecular formula is C51H103N2O6P. The van der Waals surface area contributed by atoms with Crippen LogP contribution in [0.25, 0.3) is 0 Å². The number of nitrogens with zero attached hydrogens (tertiary/aromatic N) is 1. The lowest BCUT2D eigenvalue weighted by molar-refractivity contribution is -0.870. The number of phosphoric acid groups is 1. The third kappa shape index (κ3) is 45.3. The van der Waals surface area contributed by atoms with Gasteiger partial charge in [-0.2, -0.15) is 0 Å².